The van der Waals surface area contributed by atoms with E-state index in [4.69, 9.17) is 0 Å². The second-order valence-electron chi connectivity index (χ2n) is 6.90. The molecule has 2 N–H and O–H groups in total. The van der Waals surface area contributed by atoms with Gasteiger partial charge in [0.25, 0.3) is 0 Å². The molecule has 2 aromatic carbocycles. The number of nitrogens with zero attached hydrogens (tertiary/aromatic N) is 3. The maximum absolute atomic E-state index is 13.1. The monoisotopic (exact) mass is 393 g/mol. The Labute approximate surface area is 168 Å². The Morgan fingerprint density at radius 1 is 1.14 bits per heavy atom. The molecule has 2 atom stereocenters. The predicted octanol–water partition coefficient (Wildman–Crippen LogP) is 3.94. The van der Waals surface area contributed by atoms with Gasteiger partial charge in [0.05, 0.1) is 6.04 Å². The Morgan fingerprint density at radius 2 is 1.89 bits per heavy atom. The van der Waals surface area contributed by atoms with Crippen LogP contribution in [0.2, 0.25) is 0 Å². The number of anilines is 1. The zero-order chi connectivity index (χ0) is 19.5. The fraction of sp³-hybridized carbons (Fsp3) is 0.286. The number of nitrogens with one attached hydrogen (secondary N) is 2. The molecule has 0 aliphatic carbocycles. The quantitative estimate of drug-likeness (QED) is 0.687. The molecule has 0 radical (unpaired) electrons. The molecule has 0 saturated heterocycles. The largest absolute Gasteiger partial charge is 0.325 e. The van der Waals surface area contributed by atoms with Gasteiger partial charge in [-0.15, -0.1) is 10.2 Å². The molecule has 144 valence electrons. The summed E-state index contributed by atoms with van der Waals surface area (Å²) in [7, 11) is 0. The number of carbonyl (C=O) groups is 1. The van der Waals surface area contributed by atoms with Crippen LogP contribution >= 0.6 is 11.8 Å². The number of hydrogen-bond donors (Lipinski definition) is 2. The van der Waals surface area contributed by atoms with Crippen molar-refractivity contribution in [3.63, 3.8) is 0 Å². The maximum atomic E-state index is 13.1. The molecule has 1 amide bonds. The van der Waals surface area contributed by atoms with E-state index in [0.717, 1.165) is 40.6 Å². The van der Waals surface area contributed by atoms with Crippen LogP contribution < -0.4 is 10.7 Å². The number of aryl methyl sites for hydroxylation is 2. The molecule has 0 unspecified atom stereocenters. The zero-order valence-electron chi connectivity index (χ0n) is 15.9. The van der Waals surface area contributed by atoms with Gasteiger partial charge in [0.1, 0.15) is 5.25 Å². The summed E-state index contributed by atoms with van der Waals surface area (Å²) >= 11 is 1.45. The smallest absolute Gasteiger partial charge is 0.240 e. The summed E-state index contributed by atoms with van der Waals surface area (Å²) in [6, 6.07) is 17.7. The SMILES string of the molecule is CCCc1nnc2n1N[C@H](c1ccccc1)[C@H](C(=O)Nc1ccc(C)cc1)S2. The van der Waals surface area contributed by atoms with Gasteiger partial charge >= 0.3 is 0 Å². The summed E-state index contributed by atoms with van der Waals surface area (Å²) in [5.41, 5.74) is 6.49. The van der Waals surface area contributed by atoms with Crippen molar-refractivity contribution in [2.45, 2.75) is 43.1 Å². The van der Waals surface area contributed by atoms with Crippen molar-refractivity contribution >= 4 is 23.4 Å². The van der Waals surface area contributed by atoms with Gasteiger partial charge in [-0.1, -0.05) is 66.7 Å². The summed E-state index contributed by atoms with van der Waals surface area (Å²) < 4.78 is 1.93. The van der Waals surface area contributed by atoms with E-state index in [1.54, 1.807) is 0 Å². The highest BCUT2D eigenvalue weighted by molar-refractivity contribution is 8.00. The van der Waals surface area contributed by atoms with Crippen molar-refractivity contribution in [2.24, 2.45) is 0 Å². The molecule has 0 fully saturated rings. The van der Waals surface area contributed by atoms with E-state index in [0.29, 0.717) is 0 Å². The highest BCUT2D eigenvalue weighted by Crippen LogP contribution is 2.37. The number of amides is 1. The van der Waals surface area contributed by atoms with E-state index in [2.05, 4.69) is 27.9 Å². The molecule has 2 heterocycles. The molecule has 4 rings (SSSR count). The van der Waals surface area contributed by atoms with Crippen LogP contribution in [0.3, 0.4) is 0 Å². The van der Waals surface area contributed by atoms with Gasteiger partial charge < -0.3 is 10.7 Å². The summed E-state index contributed by atoms with van der Waals surface area (Å²) in [6.45, 7) is 4.14. The first-order chi connectivity index (χ1) is 13.7. The predicted molar refractivity (Wildman–Crippen MR) is 112 cm³/mol. The number of rotatable bonds is 5. The minimum Gasteiger partial charge on any atom is -0.325 e. The third kappa shape index (κ3) is 3.75. The van der Waals surface area contributed by atoms with E-state index in [1.807, 2.05) is 66.2 Å². The van der Waals surface area contributed by atoms with E-state index in [-0.39, 0.29) is 17.2 Å². The van der Waals surface area contributed by atoms with Gasteiger partial charge in [-0.3, -0.25) is 4.79 Å². The first-order valence-electron chi connectivity index (χ1n) is 9.45. The lowest BCUT2D eigenvalue weighted by Gasteiger charge is -2.33. The lowest BCUT2D eigenvalue weighted by Crippen LogP contribution is -2.41. The summed E-state index contributed by atoms with van der Waals surface area (Å²) in [5.74, 6) is 0.838. The maximum Gasteiger partial charge on any atom is 0.240 e. The number of thioether (sulfide) groups is 1. The van der Waals surface area contributed by atoms with Gasteiger partial charge in [0.15, 0.2) is 5.82 Å². The van der Waals surface area contributed by atoms with Crippen LogP contribution in [-0.4, -0.2) is 26.0 Å². The van der Waals surface area contributed by atoms with Crippen LogP contribution in [0, 0.1) is 6.92 Å². The molecule has 0 bridgehead atoms. The van der Waals surface area contributed by atoms with Crippen LogP contribution in [-0.2, 0) is 11.2 Å². The van der Waals surface area contributed by atoms with Gasteiger partial charge in [-0.2, -0.15) is 0 Å². The minimum atomic E-state index is -0.366. The normalized spacial score (nSPS) is 18.2. The number of hydrogen-bond acceptors (Lipinski definition) is 5. The van der Waals surface area contributed by atoms with Crippen LogP contribution in [0.4, 0.5) is 5.69 Å². The number of carbonyl (C=O) groups excluding carboxylic acids is 1. The van der Waals surface area contributed by atoms with Crippen molar-refractivity contribution in [1.82, 2.24) is 14.9 Å². The van der Waals surface area contributed by atoms with E-state index in [9.17, 15) is 4.79 Å². The first kappa shape index (κ1) is 18.6. The molecule has 28 heavy (non-hydrogen) atoms. The summed E-state index contributed by atoms with van der Waals surface area (Å²) in [6.07, 6.45) is 1.82. The highest BCUT2D eigenvalue weighted by Gasteiger charge is 2.37. The Balaban J connectivity index is 1.64. The van der Waals surface area contributed by atoms with Crippen LogP contribution in [0.15, 0.2) is 59.8 Å². The lowest BCUT2D eigenvalue weighted by molar-refractivity contribution is -0.116. The molecule has 3 aromatic rings. The third-order valence-electron chi connectivity index (χ3n) is 4.71. The highest BCUT2D eigenvalue weighted by atomic mass is 32.2. The fourth-order valence-corrected chi connectivity index (χ4v) is 4.34. The zero-order valence-corrected chi connectivity index (χ0v) is 16.7. The standard InChI is InChI=1S/C21H23N5OS/c1-3-7-17-23-24-21-26(17)25-18(15-8-5-4-6-9-15)19(28-21)20(27)22-16-12-10-14(2)11-13-16/h4-6,8-13,18-19,25H,3,7H2,1-2H3,(H,22,27)/t18-,19-/m1/s1. The molecule has 7 heteroatoms. The van der Waals surface area contributed by atoms with Crippen molar-refractivity contribution in [3.8, 4) is 0 Å². The second kappa shape index (κ2) is 8.06. The Hall–Kier alpha value is -2.80. The Morgan fingerprint density at radius 3 is 2.61 bits per heavy atom. The summed E-state index contributed by atoms with van der Waals surface area (Å²) in [4.78, 5) is 13.1. The molecular formula is C21H23N5OS. The van der Waals surface area contributed by atoms with Crippen LogP contribution in [0.1, 0.15) is 36.3 Å². The van der Waals surface area contributed by atoms with E-state index >= 15 is 0 Å². The third-order valence-corrected chi connectivity index (χ3v) is 5.93. The van der Waals surface area contributed by atoms with Crippen LogP contribution in [0.25, 0.3) is 0 Å². The van der Waals surface area contributed by atoms with Crippen molar-refractivity contribution in [3.05, 3.63) is 71.5 Å². The average molecular weight is 394 g/mol. The van der Waals surface area contributed by atoms with Crippen molar-refractivity contribution < 1.29 is 4.79 Å². The fourth-order valence-electron chi connectivity index (χ4n) is 3.25. The van der Waals surface area contributed by atoms with Crippen molar-refractivity contribution in [2.75, 3.05) is 10.7 Å². The number of fused-ring (bicyclic) bond motifs is 1. The molecule has 1 aliphatic heterocycles. The number of aromatic nitrogens is 3. The average Bonchev–Trinajstić information content (AvgIpc) is 3.12. The van der Waals surface area contributed by atoms with Gasteiger partial charge in [0.2, 0.25) is 11.1 Å². The van der Waals surface area contributed by atoms with E-state index < -0.39 is 0 Å². The van der Waals surface area contributed by atoms with E-state index in [1.165, 1.54) is 11.8 Å². The molecule has 0 spiro atoms. The van der Waals surface area contributed by atoms with Gasteiger partial charge in [-0.05, 0) is 31.0 Å². The second-order valence-corrected chi connectivity index (χ2v) is 8.00. The van der Waals surface area contributed by atoms with Crippen molar-refractivity contribution in [1.29, 1.82) is 0 Å². The molecule has 1 aliphatic rings. The number of benzene rings is 2. The van der Waals surface area contributed by atoms with Crippen LogP contribution in [0.5, 0.6) is 0 Å². The lowest BCUT2D eigenvalue weighted by atomic mass is 10.0. The topological polar surface area (TPSA) is 71.8 Å². The Kier molecular flexibility index (Phi) is 5.34. The molecule has 1 aromatic heterocycles. The van der Waals surface area contributed by atoms with Gasteiger partial charge in [-0.25, -0.2) is 4.68 Å². The molecular weight excluding hydrogens is 370 g/mol. The minimum absolute atomic E-state index is 0.0542. The molecule has 0 saturated carbocycles. The first-order valence-corrected chi connectivity index (χ1v) is 10.3. The summed E-state index contributed by atoms with van der Waals surface area (Å²) in [5, 5.41) is 12.0. The Bertz CT molecular complexity index is 955. The van der Waals surface area contributed by atoms with Gasteiger partial charge in [0, 0.05) is 12.1 Å². The molecule has 6 nitrogen and oxygen atoms in total.